The average Bonchev–Trinajstić information content (AvgIpc) is 3.53. The fraction of sp³-hybridized carbons (Fsp3) is 0.467. The van der Waals surface area contributed by atoms with Crippen molar-refractivity contribution in [1.82, 2.24) is 10.2 Å². The van der Waals surface area contributed by atoms with Crippen molar-refractivity contribution in [3.05, 3.63) is 69.9 Å². The van der Waals surface area contributed by atoms with Crippen LogP contribution in [0, 0.1) is 19.8 Å². The fourth-order valence-corrected chi connectivity index (χ4v) is 4.97. The summed E-state index contributed by atoms with van der Waals surface area (Å²) in [6, 6.07) is 17.2. The Morgan fingerprint density at radius 1 is 1.00 bits per heavy atom. The molecule has 2 N–H and O–H groups in total. The number of aryl methyl sites for hydroxylation is 1. The summed E-state index contributed by atoms with van der Waals surface area (Å²) in [4.78, 5) is 4.11. The van der Waals surface area contributed by atoms with Gasteiger partial charge in [-0.2, -0.15) is 0 Å². The highest BCUT2D eigenvalue weighted by Crippen LogP contribution is 2.21. The molecule has 3 aromatic rings. The van der Waals surface area contributed by atoms with Gasteiger partial charge in [0.2, 0.25) is 0 Å². The molecule has 0 radical (unpaired) electrons. The van der Waals surface area contributed by atoms with Crippen LogP contribution in [0.25, 0.3) is 10.8 Å². The minimum atomic E-state index is 0.00515. The second-order valence-corrected chi connectivity index (χ2v) is 9.90. The fourth-order valence-electron chi connectivity index (χ4n) is 4.03. The van der Waals surface area contributed by atoms with E-state index >= 15 is 0 Å². The molecule has 1 aliphatic heterocycles. The standard InChI is InChI=1S/C16H21NO.C10H15NS.C2H6.C2H2/c1-16(2,17-9-10-18)12-13-7-8-14-5-3-4-6-15(14)11-13;1-9-4-7-12-10(9)8-11-5-2-3-6-11;2*1-2/h3-8,11,17-18H,9-10,12H2,1-2H3;4,7H,2-3,5-6,8H2,1H3;1-2H3;1-2H. The Morgan fingerprint density at radius 3 is 2.24 bits per heavy atom. The third-order valence-electron chi connectivity index (χ3n) is 5.71. The molecule has 0 unspecified atom stereocenters. The first-order valence-corrected chi connectivity index (χ1v) is 13.3. The van der Waals surface area contributed by atoms with Crippen LogP contribution >= 0.6 is 11.3 Å². The number of thiophene rings is 1. The molecule has 4 heteroatoms. The van der Waals surface area contributed by atoms with Gasteiger partial charge < -0.3 is 10.4 Å². The summed E-state index contributed by atoms with van der Waals surface area (Å²) in [5.74, 6) is 0. The lowest BCUT2D eigenvalue weighted by atomic mass is 9.93. The Balaban J connectivity index is 0.000000313. The number of benzene rings is 2. The Kier molecular flexibility index (Phi) is 14.5. The summed E-state index contributed by atoms with van der Waals surface area (Å²) in [7, 11) is 0. The SMILES string of the molecule is C#C.CC.CC(C)(Cc1ccc2ccccc2c1)NCCO.Cc1ccsc1CN1CCCC1. The van der Waals surface area contributed by atoms with Crippen molar-refractivity contribution in [2.75, 3.05) is 26.2 Å². The van der Waals surface area contributed by atoms with Gasteiger partial charge in [-0.1, -0.05) is 56.3 Å². The van der Waals surface area contributed by atoms with E-state index in [-0.39, 0.29) is 12.1 Å². The minimum Gasteiger partial charge on any atom is -0.395 e. The van der Waals surface area contributed by atoms with E-state index < -0.39 is 0 Å². The van der Waals surface area contributed by atoms with Crippen LogP contribution in [0.3, 0.4) is 0 Å². The average molecular weight is 481 g/mol. The van der Waals surface area contributed by atoms with Gasteiger partial charge in [0.25, 0.3) is 0 Å². The number of β-amino-alcohol motifs (C(OH)–C–C–N with tert-alkyl or cyclic N) is 1. The van der Waals surface area contributed by atoms with Crippen molar-refractivity contribution in [2.45, 2.75) is 66.0 Å². The Labute approximate surface area is 212 Å². The lowest BCUT2D eigenvalue weighted by molar-refractivity contribution is 0.265. The summed E-state index contributed by atoms with van der Waals surface area (Å²) in [6.07, 6.45) is 11.7. The summed E-state index contributed by atoms with van der Waals surface area (Å²) in [5.41, 5.74) is 2.79. The molecule has 1 aromatic heterocycles. The molecule has 4 rings (SSSR count). The largest absolute Gasteiger partial charge is 0.395 e. The number of nitrogens with one attached hydrogen (secondary N) is 1. The van der Waals surface area contributed by atoms with E-state index in [2.05, 4.69) is 97.7 Å². The first kappa shape index (κ1) is 29.9. The highest BCUT2D eigenvalue weighted by Gasteiger charge is 2.17. The van der Waals surface area contributed by atoms with Crippen molar-refractivity contribution < 1.29 is 5.11 Å². The molecular formula is C30H44N2OS. The quantitative estimate of drug-likeness (QED) is 0.371. The normalized spacial score (nSPS) is 13.2. The zero-order valence-corrected chi connectivity index (χ0v) is 22.6. The molecule has 0 bridgehead atoms. The molecule has 2 heterocycles. The molecule has 0 saturated carbocycles. The molecular weight excluding hydrogens is 436 g/mol. The second-order valence-electron chi connectivity index (χ2n) is 8.90. The van der Waals surface area contributed by atoms with Gasteiger partial charge in [0, 0.05) is 23.5 Å². The number of likely N-dealkylation sites (tertiary alicyclic amines) is 1. The van der Waals surface area contributed by atoms with E-state index in [1.54, 1.807) is 4.88 Å². The first-order valence-electron chi connectivity index (χ1n) is 12.4. The number of nitrogens with zero attached hydrogens (tertiary/aromatic N) is 1. The summed E-state index contributed by atoms with van der Waals surface area (Å²) in [6.45, 7) is 15.2. The lowest BCUT2D eigenvalue weighted by Crippen LogP contribution is -2.42. The van der Waals surface area contributed by atoms with Gasteiger partial charge in [-0.3, -0.25) is 4.90 Å². The van der Waals surface area contributed by atoms with Crippen LogP contribution in [0.1, 0.15) is 56.5 Å². The van der Waals surface area contributed by atoms with Crippen LogP contribution in [0.2, 0.25) is 0 Å². The maximum atomic E-state index is 8.87. The maximum absolute atomic E-state index is 8.87. The topological polar surface area (TPSA) is 35.5 Å². The van der Waals surface area contributed by atoms with E-state index in [4.69, 9.17) is 5.11 Å². The number of hydrogen-bond acceptors (Lipinski definition) is 4. The molecule has 0 aliphatic carbocycles. The summed E-state index contributed by atoms with van der Waals surface area (Å²) < 4.78 is 0. The van der Waals surface area contributed by atoms with Crippen molar-refractivity contribution in [3.8, 4) is 12.8 Å². The van der Waals surface area contributed by atoms with Crippen molar-refractivity contribution in [3.63, 3.8) is 0 Å². The van der Waals surface area contributed by atoms with E-state index in [9.17, 15) is 0 Å². The van der Waals surface area contributed by atoms with E-state index in [1.165, 1.54) is 54.4 Å². The molecule has 2 aromatic carbocycles. The zero-order chi connectivity index (χ0) is 25.4. The number of aliphatic hydroxyl groups is 1. The maximum Gasteiger partial charge on any atom is 0.0556 e. The minimum absolute atomic E-state index is 0.00515. The van der Waals surface area contributed by atoms with Gasteiger partial charge in [0.05, 0.1) is 6.61 Å². The van der Waals surface area contributed by atoms with Crippen LogP contribution < -0.4 is 5.32 Å². The summed E-state index contributed by atoms with van der Waals surface area (Å²) in [5, 5.41) is 17.0. The van der Waals surface area contributed by atoms with Crippen molar-refractivity contribution >= 4 is 22.1 Å². The van der Waals surface area contributed by atoms with Gasteiger partial charge in [-0.15, -0.1) is 24.2 Å². The van der Waals surface area contributed by atoms with Crippen LogP contribution in [0.4, 0.5) is 0 Å². The smallest absolute Gasteiger partial charge is 0.0556 e. The van der Waals surface area contributed by atoms with Gasteiger partial charge in [-0.25, -0.2) is 0 Å². The van der Waals surface area contributed by atoms with Crippen LogP contribution in [-0.4, -0.2) is 41.8 Å². The van der Waals surface area contributed by atoms with Gasteiger partial charge in [-0.05, 0) is 86.5 Å². The van der Waals surface area contributed by atoms with E-state index in [0.29, 0.717) is 6.54 Å². The van der Waals surface area contributed by atoms with Crippen molar-refractivity contribution in [1.29, 1.82) is 0 Å². The molecule has 34 heavy (non-hydrogen) atoms. The van der Waals surface area contributed by atoms with E-state index in [1.807, 2.05) is 25.2 Å². The van der Waals surface area contributed by atoms with E-state index in [0.717, 1.165) is 6.42 Å². The number of fused-ring (bicyclic) bond motifs is 1. The third kappa shape index (κ3) is 10.4. The molecule has 1 saturated heterocycles. The van der Waals surface area contributed by atoms with Gasteiger partial charge in [0.1, 0.15) is 0 Å². The molecule has 186 valence electrons. The van der Waals surface area contributed by atoms with Crippen LogP contribution in [0.15, 0.2) is 53.9 Å². The molecule has 1 fully saturated rings. The number of terminal acetylenes is 1. The second kappa shape index (κ2) is 16.5. The molecule has 0 spiro atoms. The monoisotopic (exact) mass is 480 g/mol. The van der Waals surface area contributed by atoms with Crippen LogP contribution in [0.5, 0.6) is 0 Å². The Hall–Kier alpha value is -2.16. The number of rotatable bonds is 7. The Bertz CT molecular complexity index is 954. The molecule has 3 nitrogen and oxygen atoms in total. The first-order chi connectivity index (χ1) is 16.5. The molecule has 0 atom stereocenters. The highest BCUT2D eigenvalue weighted by molar-refractivity contribution is 7.10. The van der Waals surface area contributed by atoms with Gasteiger partial charge >= 0.3 is 0 Å². The Morgan fingerprint density at radius 2 is 1.65 bits per heavy atom. The predicted octanol–water partition coefficient (Wildman–Crippen LogP) is 6.67. The zero-order valence-electron chi connectivity index (χ0n) is 21.8. The third-order valence-corrected chi connectivity index (χ3v) is 6.72. The van der Waals surface area contributed by atoms with Crippen LogP contribution in [-0.2, 0) is 13.0 Å². The molecule has 0 amide bonds. The van der Waals surface area contributed by atoms with Crippen molar-refractivity contribution in [2.24, 2.45) is 0 Å². The highest BCUT2D eigenvalue weighted by atomic mass is 32.1. The summed E-state index contributed by atoms with van der Waals surface area (Å²) >= 11 is 1.89. The predicted molar refractivity (Wildman–Crippen MR) is 152 cm³/mol. The number of aliphatic hydroxyl groups excluding tert-OH is 1. The van der Waals surface area contributed by atoms with Gasteiger partial charge in [0.15, 0.2) is 0 Å². The molecule has 1 aliphatic rings. The lowest BCUT2D eigenvalue weighted by Gasteiger charge is -2.26. The number of hydrogen-bond donors (Lipinski definition) is 2.